The highest BCUT2D eigenvalue weighted by Crippen LogP contribution is 2.43. The minimum absolute atomic E-state index is 0.130. The molecule has 57 heavy (non-hydrogen) atoms. The predicted octanol–water partition coefficient (Wildman–Crippen LogP) is 13.1. The number of hydrogen-bond donors (Lipinski definition) is 2. The molecule has 2 atom stereocenters. The van der Waals surface area contributed by atoms with E-state index in [2.05, 4.69) is 185 Å². The molecule has 1 aliphatic heterocycles. The van der Waals surface area contributed by atoms with Gasteiger partial charge in [0, 0.05) is 47.4 Å². The number of para-hydroxylation sites is 3. The third-order valence-corrected chi connectivity index (χ3v) is 12.7. The van der Waals surface area contributed by atoms with Gasteiger partial charge in [-0.15, -0.1) is 11.3 Å². The summed E-state index contributed by atoms with van der Waals surface area (Å²) in [5.41, 5.74) is 10.9. The van der Waals surface area contributed by atoms with Crippen molar-refractivity contribution in [3.63, 3.8) is 0 Å². The van der Waals surface area contributed by atoms with Crippen LogP contribution in [0, 0.1) is 0 Å². The van der Waals surface area contributed by atoms with Crippen molar-refractivity contribution in [1.29, 1.82) is 0 Å². The van der Waals surface area contributed by atoms with Gasteiger partial charge in [0.2, 0.25) is 0 Å². The predicted molar refractivity (Wildman–Crippen MR) is 238 cm³/mol. The first kappa shape index (κ1) is 32.3. The Labute approximate surface area is 332 Å². The van der Waals surface area contributed by atoms with E-state index < -0.39 is 0 Å². The van der Waals surface area contributed by atoms with Crippen LogP contribution in [-0.4, -0.2) is 10.4 Å². The van der Waals surface area contributed by atoms with E-state index in [0.717, 1.165) is 44.5 Å². The average molecular weight is 751 g/mol. The van der Waals surface area contributed by atoms with Gasteiger partial charge in [-0.25, -0.2) is 4.99 Å². The Bertz CT molecular complexity index is 3320. The van der Waals surface area contributed by atoms with Gasteiger partial charge >= 0.3 is 0 Å². The zero-order valence-electron chi connectivity index (χ0n) is 30.7. The van der Waals surface area contributed by atoms with Gasteiger partial charge in [0.15, 0.2) is 0 Å². The van der Waals surface area contributed by atoms with Gasteiger partial charge in [-0.1, -0.05) is 140 Å². The number of benzene rings is 8. The SMILES string of the molecule is c1ccc(C2N=C(c3cccc4c3oc3ccc(-c5cccc6c5sc5cc(-n7c8ccccc8c8ccccc87)ccc56)cc34)NC(c3ccccc3)N2)cc1. The maximum atomic E-state index is 6.71. The molecule has 0 saturated carbocycles. The van der Waals surface area contributed by atoms with E-state index >= 15 is 0 Å². The Morgan fingerprint density at radius 1 is 0.526 bits per heavy atom. The molecule has 0 aliphatic carbocycles. The van der Waals surface area contributed by atoms with Crippen molar-refractivity contribution in [1.82, 2.24) is 15.2 Å². The average Bonchev–Trinajstić information content (AvgIpc) is 3.96. The molecule has 3 aromatic heterocycles. The number of amidine groups is 1. The van der Waals surface area contributed by atoms with E-state index in [0.29, 0.717) is 0 Å². The van der Waals surface area contributed by atoms with Gasteiger partial charge in [-0.2, -0.15) is 0 Å². The van der Waals surface area contributed by atoms with E-state index in [9.17, 15) is 0 Å². The molecule has 0 radical (unpaired) electrons. The lowest BCUT2D eigenvalue weighted by Crippen LogP contribution is -2.45. The van der Waals surface area contributed by atoms with Gasteiger partial charge in [0.1, 0.15) is 29.3 Å². The Balaban J connectivity index is 0.967. The molecule has 0 spiro atoms. The van der Waals surface area contributed by atoms with Crippen molar-refractivity contribution < 1.29 is 4.42 Å². The van der Waals surface area contributed by atoms with Crippen molar-refractivity contribution >= 4 is 81.1 Å². The van der Waals surface area contributed by atoms with Crippen molar-refractivity contribution in [3.8, 4) is 16.8 Å². The van der Waals surface area contributed by atoms with Crippen LogP contribution >= 0.6 is 11.3 Å². The molecule has 12 rings (SSSR count). The van der Waals surface area contributed by atoms with Crippen LogP contribution < -0.4 is 10.6 Å². The normalized spacial score (nSPS) is 15.9. The Morgan fingerprint density at radius 2 is 1.19 bits per heavy atom. The van der Waals surface area contributed by atoms with Crippen LogP contribution in [0.5, 0.6) is 0 Å². The summed E-state index contributed by atoms with van der Waals surface area (Å²) in [5.74, 6) is 0.802. The standard InChI is InChI=1S/C51H34N4OS/c1-3-13-31(14-4-1)49-52-50(32-15-5-2-6-16-32)54-51(53-49)41-22-12-20-39-42-29-33(25-28-45(42)56-47(39)41)35-19-11-21-40-38-27-26-34(30-46(38)57-48(35)40)55-43-23-9-7-17-36(43)37-18-8-10-24-44(37)55/h1-30,49-50,52H,(H,53,54). The maximum Gasteiger partial charge on any atom is 0.146 e. The summed E-state index contributed by atoms with van der Waals surface area (Å²) in [6.07, 6.45) is -0.353. The Kier molecular flexibility index (Phi) is 7.24. The van der Waals surface area contributed by atoms with Crippen LogP contribution in [0.2, 0.25) is 0 Å². The highest BCUT2D eigenvalue weighted by molar-refractivity contribution is 7.26. The summed E-state index contributed by atoms with van der Waals surface area (Å²) in [6, 6.07) is 64.9. The van der Waals surface area contributed by atoms with Crippen LogP contribution in [0.1, 0.15) is 29.0 Å². The first-order valence-corrected chi connectivity index (χ1v) is 20.2. The minimum atomic E-state index is -0.223. The molecule has 2 unspecified atom stereocenters. The van der Waals surface area contributed by atoms with Crippen molar-refractivity contribution in [3.05, 3.63) is 199 Å². The number of thiophene rings is 1. The molecule has 270 valence electrons. The van der Waals surface area contributed by atoms with E-state index in [1.165, 1.54) is 58.8 Å². The molecule has 6 heteroatoms. The zero-order chi connectivity index (χ0) is 37.5. The number of nitrogens with zero attached hydrogens (tertiary/aromatic N) is 2. The Morgan fingerprint density at radius 3 is 1.96 bits per heavy atom. The largest absolute Gasteiger partial charge is 0.455 e. The second kappa shape index (κ2) is 12.8. The molecule has 0 amide bonds. The second-order valence-electron chi connectivity index (χ2n) is 14.8. The lowest BCUT2D eigenvalue weighted by Gasteiger charge is -2.32. The fourth-order valence-corrected chi connectivity index (χ4v) is 10.1. The number of furan rings is 1. The Hall–Kier alpha value is -6.99. The van der Waals surface area contributed by atoms with Crippen LogP contribution in [-0.2, 0) is 0 Å². The number of rotatable bonds is 5. The molecule has 0 saturated heterocycles. The van der Waals surface area contributed by atoms with Gasteiger partial charge in [0.25, 0.3) is 0 Å². The quantitative estimate of drug-likeness (QED) is 0.184. The summed E-state index contributed by atoms with van der Waals surface area (Å²) in [4.78, 5) is 5.22. The first-order chi connectivity index (χ1) is 28.2. The fraction of sp³-hybridized carbons (Fsp3) is 0.0392. The van der Waals surface area contributed by atoms with E-state index in [1.54, 1.807) is 0 Å². The number of fused-ring (bicyclic) bond motifs is 9. The third-order valence-electron chi connectivity index (χ3n) is 11.5. The first-order valence-electron chi connectivity index (χ1n) is 19.4. The molecule has 5 nitrogen and oxygen atoms in total. The van der Waals surface area contributed by atoms with Crippen molar-refractivity contribution in [2.24, 2.45) is 4.99 Å². The molecular formula is C51H34N4OS. The van der Waals surface area contributed by atoms with Gasteiger partial charge < -0.3 is 14.3 Å². The summed E-state index contributed by atoms with van der Waals surface area (Å²) in [5, 5.41) is 14.7. The van der Waals surface area contributed by atoms with E-state index in [-0.39, 0.29) is 12.3 Å². The topological polar surface area (TPSA) is 54.5 Å². The van der Waals surface area contributed by atoms with Crippen LogP contribution in [0.3, 0.4) is 0 Å². The molecule has 4 heterocycles. The third kappa shape index (κ3) is 5.15. The van der Waals surface area contributed by atoms with Crippen LogP contribution in [0.15, 0.2) is 191 Å². The highest BCUT2D eigenvalue weighted by atomic mass is 32.1. The second-order valence-corrected chi connectivity index (χ2v) is 15.8. The van der Waals surface area contributed by atoms with E-state index in [4.69, 9.17) is 9.41 Å². The smallest absolute Gasteiger partial charge is 0.146 e. The number of nitrogens with one attached hydrogen (secondary N) is 2. The molecule has 2 N–H and O–H groups in total. The summed E-state index contributed by atoms with van der Waals surface area (Å²) in [7, 11) is 0. The molecule has 8 aromatic carbocycles. The molecular weight excluding hydrogens is 717 g/mol. The molecule has 11 aromatic rings. The minimum Gasteiger partial charge on any atom is -0.455 e. The van der Waals surface area contributed by atoms with E-state index in [1.807, 2.05) is 23.5 Å². The number of hydrogen-bond acceptors (Lipinski definition) is 5. The van der Waals surface area contributed by atoms with Crippen LogP contribution in [0.25, 0.3) is 80.7 Å². The summed E-state index contributed by atoms with van der Waals surface area (Å²) in [6.45, 7) is 0. The summed E-state index contributed by atoms with van der Waals surface area (Å²) >= 11 is 1.87. The lowest BCUT2D eigenvalue weighted by molar-refractivity contribution is 0.409. The zero-order valence-corrected chi connectivity index (χ0v) is 31.5. The van der Waals surface area contributed by atoms with Crippen molar-refractivity contribution in [2.75, 3.05) is 0 Å². The number of aliphatic imine (C=N–C) groups is 1. The van der Waals surface area contributed by atoms with Gasteiger partial charge in [-0.05, 0) is 64.7 Å². The van der Waals surface area contributed by atoms with Gasteiger partial charge in [-0.3, -0.25) is 5.32 Å². The maximum absolute atomic E-state index is 6.71. The molecule has 1 aliphatic rings. The van der Waals surface area contributed by atoms with Crippen molar-refractivity contribution in [2.45, 2.75) is 12.3 Å². The van der Waals surface area contributed by atoms with Crippen LogP contribution in [0.4, 0.5) is 0 Å². The number of aromatic nitrogens is 1. The highest BCUT2D eigenvalue weighted by Gasteiger charge is 2.27. The monoisotopic (exact) mass is 750 g/mol. The summed E-state index contributed by atoms with van der Waals surface area (Å²) < 4.78 is 11.7. The lowest BCUT2D eigenvalue weighted by atomic mass is 10.00. The molecule has 0 bridgehead atoms. The fourth-order valence-electron chi connectivity index (χ4n) is 8.82. The van der Waals surface area contributed by atoms with Gasteiger partial charge in [0.05, 0.1) is 16.6 Å². The molecule has 0 fully saturated rings.